The Bertz CT molecular complexity index is 475. The molecule has 0 atom stereocenters. The Morgan fingerprint density at radius 1 is 1.41 bits per heavy atom. The normalized spacial score (nSPS) is 11.3. The molecular weight excluding hydrogens is 220 g/mol. The van der Waals surface area contributed by atoms with Gasteiger partial charge in [0.1, 0.15) is 12.2 Å². The van der Waals surface area contributed by atoms with Gasteiger partial charge in [-0.15, -0.1) is 0 Å². The molecule has 0 aromatic carbocycles. The van der Waals surface area contributed by atoms with Gasteiger partial charge >= 0.3 is 0 Å². The lowest BCUT2D eigenvalue weighted by atomic mass is 10.4. The summed E-state index contributed by atoms with van der Waals surface area (Å²) in [5.41, 5.74) is 0. The van der Waals surface area contributed by atoms with Gasteiger partial charge in [-0.1, -0.05) is 5.16 Å². The highest BCUT2D eigenvalue weighted by atomic mass is 16.5. The van der Waals surface area contributed by atoms with E-state index in [1.807, 2.05) is 4.68 Å². The second kappa shape index (κ2) is 5.05. The highest BCUT2D eigenvalue weighted by Gasteiger charge is 2.07. The van der Waals surface area contributed by atoms with E-state index in [1.54, 1.807) is 13.3 Å². The lowest BCUT2D eigenvalue weighted by Gasteiger charge is -2.09. The molecule has 2 heterocycles. The number of rotatable bonds is 5. The van der Waals surface area contributed by atoms with Crippen molar-refractivity contribution in [1.82, 2.24) is 30.2 Å². The van der Waals surface area contributed by atoms with Gasteiger partial charge in [0.15, 0.2) is 5.82 Å². The topological polar surface area (TPSA) is 81.7 Å². The molecule has 0 unspecified atom stereocenters. The van der Waals surface area contributed by atoms with Crippen LogP contribution < -0.4 is 5.32 Å². The van der Waals surface area contributed by atoms with Crippen LogP contribution in [0.1, 0.15) is 37.4 Å². The van der Waals surface area contributed by atoms with Crippen molar-refractivity contribution in [3.63, 3.8) is 0 Å². The van der Waals surface area contributed by atoms with Crippen molar-refractivity contribution in [1.29, 1.82) is 0 Å². The van der Waals surface area contributed by atoms with Crippen molar-refractivity contribution < 1.29 is 4.52 Å². The Morgan fingerprint density at radius 2 is 2.24 bits per heavy atom. The fourth-order valence-corrected chi connectivity index (χ4v) is 1.53. The van der Waals surface area contributed by atoms with Crippen LogP contribution in [0.5, 0.6) is 0 Å². The van der Waals surface area contributed by atoms with E-state index < -0.39 is 0 Å². The molecule has 17 heavy (non-hydrogen) atoms. The van der Waals surface area contributed by atoms with Crippen molar-refractivity contribution >= 4 is 0 Å². The maximum Gasteiger partial charge on any atom is 0.223 e. The standard InChI is InChI=1S/C10H16N6O/c1-7(2)16-10(12-6-13-16)5-11-4-9-14-8(3)17-15-9/h6-7,11H,4-5H2,1-3H3. The molecule has 92 valence electrons. The molecule has 0 spiro atoms. The Labute approximate surface area is 99.2 Å². The lowest BCUT2D eigenvalue weighted by molar-refractivity contribution is 0.385. The maximum absolute atomic E-state index is 4.88. The molecule has 0 aliphatic rings. The third-order valence-electron chi connectivity index (χ3n) is 2.27. The molecule has 0 saturated heterocycles. The van der Waals surface area contributed by atoms with Crippen molar-refractivity contribution in [2.24, 2.45) is 0 Å². The van der Waals surface area contributed by atoms with E-state index in [-0.39, 0.29) is 0 Å². The smallest absolute Gasteiger partial charge is 0.223 e. The first kappa shape index (κ1) is 11.7. The van der Waals surface area contributed by atoms with Gasteiger partial charge in [0.25, 0.3) is 0 Å². The predicted octanol–water partition coefficient (Wildman–Crippen LogP) is 0.840. The minimum Gasteiger partial charge on any atom is -0.340 e. The molecule has 0 radical (unpaired) electrons. The molecule has 0 aliphatic heterocycles. The monoisotopic (exact) mass is 236 g/mol. The maximum atomic E-state index is 4.88. The van der Waals surface area contributed by atoms with Gasteiger partial charge in [-0.05, 0) is 13.8 Å². The quantitative estimate of drug-likeness (QED) is 0.828. The molecule has 0 amide bonds. The summed E-state index contributed by atoms with van der Waals surface area (Å²) in [6.45, 7) is 7.10. The Morgan fingerprint density at radius 3 is 2.88 bits per heavy atom. The third kappa shape index (κ3) is 2.88. The van der Waals surface area contributed by atoms with Gasteiger partial charge in [-0.3, -0.25) is 0 Å². The Kier molecular flexibility index (Phi) is 3.48. The van der Waals surface area contributed by atoms with Crippen molar-refractivity contribution in [3.05, 3.63) is 23.9 Å². The summed E-state index contributed by atoms with van der Waals surface area (Å²) in [5.74, 6) is 2.13. The summed E-state index contributed by atoms with van der Waals surface area (Å²) < 4.78 is 6.76. The lowest BCUT2D eigenvalue weighted by Crippen LogP contribution is -2.18. The molecule has 0 bridgehead atoms. The first-order chi connectivity index (χ1) is 8.16. The van der Waals surface area contributed by atoms with Crippen LogP contribution in [0.3, 0.4) is 0 Å². The Hall–Kier alpha value is -1.76. The molecule has 7 heteroatoms. The largest absolute Gasteiger partial charge is 0.340 e. The highest BCUT2D eigenvalue weighted by molar-refractivity contribution is 4.88. The molecular formula is C10H16N6O. The SMILES string of the molecule is Cc1nc(CNCc2ncnn2C(C)C)no1. The zero-order valence-electron chi connectivity index (χ0n) is 10.2. The summed E-state index contributed by atoms with van der Waals surface area (Å²) in [6.07, 6.45) is 1.56. The van der Waals surface area contributed by atoms with E-state index in [0.717, 1.165) is 5.82 Å². The molecule has 2 rings (SSSR count). The number of hydrogen-bond acceptors (Lipinski definition) is 6. The predicted molar refractivity (Wildman–Crippen MR) is 60.0 cm³/mol. The highest BCUT2D eigenvalue weighted by Crippen LogP contribution is 2.04. The minimum absolute atomic E-state index is 0.307. The van der Waals surface area contributed by atoms with Crippen LogP contribution in [-0.2, 0) is 13.1 Å². The zero-order chi connectivity index (χ0) is 12.3. The van der Waals surface area contributed by atoms with E-state index in [9.17, 15) is 0 Å². The summed E-state index contributed by atoms with van der Waals surface area (Å²) in [5, 5.41) is 11.2. The number of nitrogens with zero attached hydrogens (tertiary/aromatic N) is 5. The van der Waals surface area contributed by atoms with Crippen LogP contribution in [-0.4, -0.2) is 24.9 Å². The average molecular weight is 236 g/mol. The van der Waals surface area contributed by atoms with Crippen molar-refractivity contribution in [3.8, 4) is 0 Å². The third-order valence-corrected chi connectivity index (χ3v) is 2.27. The van der Waals surface area contributed by atoms with Crippen LogP contribution in [0, 0.1) is 6.92 Å². The van der Waals surface area contributed by atoms with Gasteiger partial charge in [-0.25, -0.2) is 9.67 Å². The second-order valence-electron chi connectivity index (χ2n) is 4.05. The Balaban J connectivity index is 1.88. The second-order valence-corrected chi connectivity index (χ2v) is 4.05. The number of nitrogens with one attached hydrogen (secondary N) is 1. The molecule has 7 nitrogen and oxygen atoms in total. The first-order valence-corrected chi connectivity index (χ1v) is 5.55. The average Bonchev–Trinajstić information content (AvgIpc) is 2.87. The van der Waals surface area contributed by atoms with E-state index in [1.165, 1.54) is 0 Å². The summed E-state index contributed by atoms with van der Waals surface area (Å²) >= 11 is 0. The molecule has 2 aromatic heterocycles. The fraction of sp³-hybridized carbons (Fsp3) is 0.600. The summed E-state index contributed by atoms with van der Waals surface area (Å²) in [7, 11) is 0. The van der Waals surface area contributed by atoms with Gasteiger partial charge < -0.3 is 9.84 Å². The van der Waals surface area contributed by atoms with Crippen molar-refractivity contribution in [2.75, 3.05) is 0 Å². The van der Waals surface area contributed by atoms with Crippen LogP contribution >= 0.6 is 0 Å². The summed E-state index contributed by atoms with van der Waals surface area (Å²) in [6, 6.07) is 0.307. The van der Waals surface area contributed by atoms with E-state index in [2.05, 4.69) is 39.4 Å². The molecule has 1 N–H and O–H groups in total. The molecule has 0 fully saturated rings. The molecule has 0 aliphatic carbocycles. The van der Waals surface area contributed by atoms with Crippen LogP contribution in [0.25, 0.3) is 0 Å². The fourth-order valence-electron chi connectivity index (χ4n) is 1.53. The van der Waals surface area contributed by atoms with Gasteiger partial charge in [0, 0.05) is 13.0 Å². The number of hydrogen-bond donors (Lipinski definition) is 1. The molecule has 2 aromatic rings. The van der Waals surface area contributed by atoms with Gasteiger partial charge in [0.05, 0.1) is 13.1 Å². The van der Waals surface area contributed by atoms with Crippen LogP contribution in [0.2, 0.25) is 0 Å². The van der Waals surface area contributed by atoms with Gasteiger partial charge in [-0.2, -0.15) is 10.1 Å². The summed E-state index contributed by atoms with van der Waals surface area (Å²) in [4.78, 5) is 8.30. The van der Waals surface area contributed by atoms with E-state index >= 15 is 0 Å². The van der Waals surface area contributed by atoms with Crippen molar-refractivity contribution in [2.45, 2.75) is 39.9 Å². The minimum atomic E-state index is 0.307. The van der Waals surface area contributed by atoms with E-state index in [4.69, 9.17) is 4.52 Å². The van der Waals surface area contributed by atoms with Crippen LogP contribution in [0.15, 0.2) is 10.9 Å². The number of aromatic nitrogens is 5. The number of aryl methyl sites for hydroxylation is 1. The van der Waals surface area contributed by atoms with E-state index in [0.29, 0.717) is 30.8 Å². The zero-order valence-corrected chi connectivity index (χ0v) is 10.2. The van der Waals surface area contributed by atoms with Crippen LogP contribution in [0.4, 0.5) is 0 Å². The van der Waals surface area contributed by atoms with Gasteiger partial charge in [0.2, 0.25) is 5.89 Å². The molecule has 0 saturated carbocycles. The first-order valence-electron chi connectivity index (χ1n) is 5.55.